The molecule has 11 rings (SSSR count). The molecule has 230 valence electrons. The largest absolute Gasteiger partial charge is 0.353 e. The average Bonchev–Trinajstić information content (AvgIpc) is 3.78. The van der Waals surface area contributed by atoms with Gasteiger partial charge in [0.05, 0.1) is 27.8 Å². The monoisotopic (exact) mass is 642 g/mol. The molecule has 0 saturated carbocycles. The van der Waals surface area contributed by atoms with E-state index < -0.39 is 8.07 Å². The average molecular weight is 643 g/mol. The van der Waals surface area contributed by atoms with Crippen molar-refractivity contribution in [1.29, 1.82) is 0 Å². The fourth-order valence-electron chi connectivity index (χ4n) is 8.86. The van der Waals surface area contributed by atoms with E-state index in [1.165, 1.54) is 59.2 Å². The highest BCUT2D eigenvalue weighted by Crippen LogP contribution is 2.44. The number of aromatic nitrogens is 4. The minimum atomic E-state index is -2.06. The number of nitrogens with zero attached hydrogens (tertiary/aromatic N) is 3. The lowest BCUT2D eigenvalue weighted by molar-refractivity contribution is 1.02. The SMILES string of the molecule is C[Si]1(C)c2ccccc2-c2ccc3nc(-n4c5ccccc5c5c6ccccc6c6c7ccccc7[nH]c6c54)nc(-c4ccccc4)c3c21. The molecule has 3 aromatic heterocycles. The minimum Gasteiger partial charge on any atom is -0.353 e. The Labute approximate surface area is 283 Å². The first-order valence-corrected chi connectivity index (χ1v) is 19.9. The van der Waals surface area contributed by atoms with Gasteiger partial charge in [-0.15, -0.1) is 0 Å². The molecule has 0 atom stereocenters. The van der Waals surface area contributed by atoms with E-state index in [0.717, 1.165) is 38.8 Å². The molecular weight excluding hydrogens is 613 g/mol. The summed E-state index contributed by atoms with van der Waals surface area (Å²) in [5.41, 5.74) is 10.2. The smallest absolute Gasteiger partial charge is 0.235 e. The summed E-state index contributed by atoms with van der Waals surface area (Å²) in [4.78, 5) is 15.0. The number of nitrogens with one attached hydrogen (secondary N) is 1. The van der Waals surface area contributed by atoms with Crippen LogP contribution in [-0.2, 0) is 0 Å². The van der Waals surface area contributed by atoms with Crippen LogP contribution in [-0.4, -0.2) is 27.6 Å². The van der Waals surface area contributed by atoms with Crippen molar-refractivity contribution in [3.8, 4) is 28.3 Å². The van der Waals surface area contributed by atoms with Gasteiger partial charge in [-0.3, -0.25) is 4.57 Å². The Morgan fingerprint density at radius 3 is 2.06 bits per heavy atom. The maximum Gasteiger partial charge on any atom is 0.235 e. The molecule has 1 N–H and O–H groups in total. The van der Waals surface area contributed by atoms with Gasteiger partial charge in [-0.2, -0.15) is 0 Å². The number of H-pyrrole nitrogens is 1. The lowest BCUT2D eigenvalue weighted by atomic mass is 9.99. The maximum atomic E-state index is 5.62. The molecule has 4 nitrogen and oxygen atoms in total. The molecule has 1 aliphatic heterocycles. The molecule has 0 radical (unpaired) electrons. The summed E-state index contributed by atoms with van der Waals surface area (Å²) in [5, 5.41) is 11.4. The minimum absolute atomic E-state index is 0.683. The number of hydrogen-bond acceptors (Lipinski definition) is 2. The van der Waals surface area contributed by atoms with Gasteiger partial charge in [0.15, 0.2) is 0 Å². The molecule has 4 heterocycles. The van der Waals surface area contributed by atoms with Gasteiger partial charge < -0.3 is 4.98 Å². The second kappa shape index (κ2) is 9.53. The van der Waals surface area contributed by atoms with Crippen LogP contribution in [0.5, 0.6) is 0 Å². The Bertz CT molecular complexity index is 3020. The zero-order chi connectivity index (χ0) is 32.4. The molecule has 0 unspecified atom stereocenters. The van der Waals surface area contributed by atoms with Crippen molar-refractivity contribution in [2.24, 2.45) is 0 Å². The summed E-state index contributed by atoms with van der Waals surface area (Å²) in [5.74, 6) is 0.683. The summed E-state index contributed by atoms with van der Waals surface area (Å²) in [6.45, 7) is 4.95. The van der Waals surface area contributed by atoms with Crippen LogP contribution in [0.1, 0.15) is 0 Å². The van der Waals surface area contributed by atoms with Crippen molar-refractivity contribution in [2.45, 2.75) is 13.1 Å². The molecule has 0 spiro atoms. The Hall–Kier alpha value is -6.04. The van der Waals surface area contributed by atoms with Crippen molar-refractivity contribution in [3.05, 3.63) is 140 Å². The lowest BCUT2D eigenvalue weighted by Crippen LogP contribution is -2.49. The molecule has 10 aromatic rings. The number of para-hydroxylation sites is 2. The van der Waals surface area contributed by atoms with Gasteiger partial charge in [0, 0.05) is 38.0 Å². The van der Waals surface area contributed by atoms with Gasteiger partial charge in [-0.1, -0.05) is 134 Å². The summed E-state index contributed by atoms with van der Waals surface area (Å²) in [6.07, 6.45) is 0. The lowest BCUT2D eigenvalue weighted by Gasteiger charge is -2.22. The first-order chi connectivity index (χ1) is 24.1. The van der Waals surface area contributed by atoms with Crippen molar-refractivity contribution >= 4 is 83.7 Å². The highest BCUT2D eigenvalue weighted by Gasteiger charge is 2.40. The predicted molar refractivity (Wildman–Crippen MR) is 208 cm³/mol. The van der Waals surface area contributed by atoms with E-state index in [-0.39, 0.29) is 0 Å². The zero-order valence-electron chi connectivity index (χ0n) is 27.1. The van der Waals surface area contributed by atoms with Crippen molar-refractivity contribution in [3.63, 3.8) is 0 Å². The molecule has 0 aliphatic carbocycles. The topological polar surface area (TPSA) is 46.5 Å². The van der Waals surface area contributed by atoms with Gasteiger partial charge in [0.25, 0.3) is 0 Å². The second-order valence-corrected chi connectivity index (χ2v) is 18.1. The van der Waals surface area contributed by atoms with E-state index in [0.29, 0.717) is 5.95 Å². The van der Waals surface area contributed by atoms with Gasteiger partial charge in [0.2, 0.25) is 5.95 Å². The summed E-state index contributed by atoms with van der Waals surface area (Å²) < 4.78 is 2.31. The predicted octanol–water partition coefficient (Wildman–Crippen LogP) is 9.98. The van der Waals surface area contributed by atoms with Crippen LogP contribution >= 0.6 is 0 Å². The summed E-state index contributed by atoms with van der Waals surface area (Å²) in [6, 6.07) is 50.4. The Morgan fingerprint density at radius 2 is 1.22 bits per heavy atom. The quantitative estimate of drug-likeness (QED) is 0.191. The van der Waals surface area contributed by atoms with Crippen molar-refractivity contribution in [1.82, 2.24) is 19.5 Å². The highest BCUT2D eigenvalue weighted by atomic mass is 28.3. The first kappa shape index (κ1) is 27.0. The van der Waals surface area contributed by atoms with Crippen LogP contribution in [0.4, 0.5) is 0 Å². The van der Waals surface area contributed by atoms with E-state index in [1.807, 2.05) is 0 Å². The van der Waals surface area contributed by atoms with Crippen LogP contribution in [0.25, 0.3) is 93.6 Å². The summed E-state index contributed by atoms with van der Waals surface area (Å²) >= 11 is 0. The third-order valence-electron chi connectivity index (χ3n) is 10.9. The molecule has 1 aliphatic rings. The number of hydrogen-bond donors (Lipinski definition) is 1. The van der Waals surface area contributed by atoms with Gasteiger partial charge in [0.1, 0.15) is 8.07 Å². The first-order valence-electron chi connectivity index (χ1n) is 16.9. The molecule has 7 aromatic carbocycles. The third-order valence-corrected chi connectivity index (χ3v) is 14.5. The Balaban J connectivity index is 1.34. The fourth-order valence-corrected chi connectivity index (χ4v) is 12.3. The van der Waals surface area contributed by atoms with Crippen molar-refractivity contribution in [2.75, 3.05) is 0 Å². The normalized spacial score (nSPS) is 13.7. The van der Waals surface area contributed by atoms with E-state index >= 15 is 0 Å². The number of rotatable bonds is 2. The Morgan fingerprint density at radius 1 is 0.551 bits per heavy atom. The summed E-state index contributed by atoms with van der Waals surface area (Å²) in [7, 11) is -2.06. The highest BCUT2D eigenvalue weighted by molar-refractivity contribution is 7.05. The number of fused-ring (bicyclic) bond motifs is 15. The molecule has 5 heteroatoms. The van der Waals surface area contributed by atoms with Gasteiger partial charge in [-0.25, -0.2) is 9.97 Å². The second-order valence-electron chi connectivity index (χ2n) is 13.8. The third kappa shape index (κ3) is 3.47. The standard InChI is InChI=1S/C44H30N4Si/c1-49(2)36-23-13-10-16-27(36)30-24-25-34-39(43(30)49)40(26-14-4-3-5-15-26)47-44(46-34)48-35-22-12-9-20-32(35)38-29-18-7-6-17-28(29)37-31-19-8-11-21-33(31)45-41(37)42(38)48/h3-25,45H,1-2H3. The molecule has 0 saturated heterocycles. The van der Waals surface area contributed by atoms with Crippen LogP contribution in [0, 0.1) is 0 Å². The molecule has 0 fully saturated rings. The van der Waals surface area contributed by atoms with E-state index in [4.69, 9.17) is 9.97 Å². The number of benzene rings is 7. The Kier molecular flexibility index (Phi) is 5.24. The van der Waals surface area contributed by atoms with E-state index in [2.05, 4.69) is 162 Å². The molecule has 0 bridgehead atoms. The molecule has 0 amide bonds. The fraction of sp³-hybridized carbons (Fsp3) is 0.0455. The van der Waals surface area contributed by atoms with Crippen LogP contribution < -0.4 is 10.4 Å². The van der Waals surface area contributed by atoms with Crippen LogP contribution in [0.3, 0.4) is 0 Å². The van der Waals surface area contributed by atoms with E-state index in [9.17, 15) is 0 Å². The van der Waals surface area contributed by atoms with E-state index in [1.54, 1.807) is 0 Å². The van der Waals surface area contributed by atoms with Crippen LogP contribution in [0.2, 0.25) is 13.1 Å². The number of aromatic amines is 1. The van der Waals surface area contributed by atoms with Gasteiger partial charge >= 0.3 is 0 Å². The zero-order valence-corrected chi connectivity index (χ0v) is 28.1. The molecule has 49 heavy (non-hydrogen) atoms. The maximum absolute atomic E-state index is 5.62. The van der Waals surface area contributed by atoms with Gasteiger partial charge in [-0.05, 0) is 50.5 Å². The molecular formula is C44H30N4Si. The van der Waals surface area contributed by atoms with Crippen LogP contribution in [0.15, 0.2) is 140 Å². The van der Waals surface area contributed by atoms with Crippen molar-refractivity contribution < 1.29 is 0 Å².